The molecule has 0 saturated heterocycles. The molecule has 16 heavy (non-hydrogen) atoms. The molecule has 0 aliphatic heterocycles. The highest BCUT2D eigenvalue weighted by Crippen LogP contribution is 2.31. The van der Waals surface area contributed by atoms with Gasteiger partial charge in [-0.1, -0.05) is 0 Å². The van der Waals surface area contributed by atoms with Gasteiger partial charge in [-0.3, -0.25) is 0 Å². The van der Waals surface area contributed by atoms with Gasteiger partial charge in [-0.25, -0.2) is 4.79 Å². The van der Waals surface area contributed by atoms with Gasteiger partial charge in [0, 0.05) is 6.07 Å². The van der Waals surface area contributed by atoms with Crippen molar-refractivity contribution in [3.8, 4) is 17.2 Å². The van der Waals surface area contributed by atoms with E-state index in [2.05, 4.69) is 0 Å². The van der Waals surface area contributed by atoms with Gasteiger partial charge in [0.1, 0.15) is 5.75 Å². The van der Waals surface area contributed by atoms with E-state index in [0.717, 1.165) is 0 Å². The van der Waals surface area contributed by atoms with Gasteiger partial charge in [0.25, 0.3) is 0 Å². The van der Waals surface area contributed by atoms with Crippen LogP contribution < -0.4 is 9.47 Å². The van der Waals surface area contributed by atoms with Gasteiger partial charge in [0.2, 0.25) is 0 Å². The molecule has 88 valence electrons. The molecule has 0 aliphatic rings. The van der Waals surface area contributed by atoms with Crippen LogP contribution in [0.2, 0.25) is 0 Å². The maximum atomic E-state index is 10.6. The summed E-state index contributed by atoms with van der Waals surface area (Å²) in [5.41, 5.74) is 0. The Kier molecular flexibility index (Phi) is 3.99. The molecule has 0 amide bonds. The second-order valence-corrected chi connectivity index (χ2v) is 3.16. The summed E-state index contributed by atoms with van der Waals surface area (Å²) in [6, 6.07) is 4.26. The average Bonchev–Trinajstić information content (AvgIpc) is 2.22. The first-order valence-electron chi connectivity index (χ1n) is 4.90. The average molecular weight is 226 g/mol. The van der Waals surface area contributed by atoms with E-state index in [1.165, 1.54) is 25.1 Å². The molecule has 2 N–H and O–H groups in total. The third-order valence-electron chi connectivity index (χ3n) is 1.88. The molecule has 1 unspecified atom stereocenters. The highest BCUT2D eigenvalue weighted by Gasteiger charge is 2.15. The van der Waals surface area contributed by atoms with Gasteiger partial charge in [-0.2, -0.15) is 0 Å². The van der Waals surface area contributed by atoms with Gasteiger partial charge in [-0.15, -0.1) is 0 Å². The van der Waals surface area contributed by atoms with Crippen LogP contribution in [-0.2, 0) is 4.79 Å². The summed E-state index contributed by atoms with van der Waals surface area (Å²) in [7, 11) is 0. The molecule has 0 bridgehead atoms. The molecule has 0 heterocycles. The number of phenolic OH excluding ortho intramolecular Hbond substituents is 1. The fraction of sp³-hybridized carbons (Fsp3) is 0.364. The van der Waals surface area contributed by atoms with Crippen LogP contribution in [0.5, 0.6) is 17.2 Å². The van der Waals surface area contributed by atoms with Crippen molar-refractivity contribution in [1.29, 1.82) is 0 Å². The summed E-state index contributed by atoms with van der Waals surface area (Å²) < 4.78 is 10.4. The number of aromatic hydroxyl groups is 1. The van der Waals surface area contributed by atoms with Crippen LogP contribution >= 0.6 is 0 Å². The lowest BCUT2D eigenvalue weighted by Gasteiger charge is -2.14. The van der Waals surface area contributed by atoms with Gasteiger partial charge in [0.05, 0.1) is 6.61 Å². The number of carbonyl (C=O) groups is 1. The predicted octanol–water partition coefficient (Wildman–Crippen LogP) is 1.64. The number of benzene rings is 1. The standard InChI is InChI=1S/C11H14O5/c1-3-15-10-6-8(12)4-5-9(10)16-7(2)11(13)14/h4-7,12H,3H2,1-2H3,(H,13,14). The third-order valence-corrected chi connectivity index (χ3v) is 1.88. The summed E-state index contributed by atoms with van der Waals surface area (Å²) in [5.74, 6) is -0.389. The molecule has 0 saturated carbocycles. The SMILES string of the molecule is CCOc1cc(O)ccc1OC(C)C(=O)O. The molecule has 5 nitrogen and oxygen atoms in total. The van der Waals surface area contributed by atoms with Crippen molar-refractivity contribution in [2.75, 3.05) is 6.61 Å². The van der Waals surface area contributed by atoms with Crippen LogP contribution in [0.15, 0.2) is 18.2 Å². The van der Waals surface area contributed by atoms with Crippen molar-refractivity contribution < 1.29 is 24.5 Å². The number of rotatable bonds is 5. The van der Waals surface area contributed by atoms with Crippen LogP contribution in [0.1, 0.15) is 13.8 Å². The fourth-order valence-electron chi connectivity index (χ4n) is 1.10. The Morgan fingerprint density at radius 3 is 2.69 bits per heavy atom. The highest BCUT2D eigenvalue weighted by atomic mass is 16.5. The molecule has 0 spiro atoms. The molecular weight excluding hydrogens is 212 g/mol. The molecule has 0 aromatic heterocycles. The molecular formula is C11H14O5. The molecule has 1 atom stereocenters. The Balaban J connectivity index is 2.89. The topological polar surface area (TPSA) is 76.0 Å². The lowest BCUT2D eigenvalue weighted by Crippen LogP contribution is -2.23. The predicted molar refractivity (Wildman–Crippen MR) is 57.0 cm³/mol. The quantitative estimate of drug-likeness (QED) is 0.798. The van der Waals surface area contributed by atoms with Crippen molar-refractivity contribution in [1.82, 2.24) is 0 Å². The lowest BCUT2D eigenvalue weighted by molar-refractivity contribution is -0.144. The normalized spacial score (nSPS) is 11.9. The monoisotopic (exact) mass is 226 g/mol. The number of carboxylic acid groups (broad SMARTS) is 1. The Morgan fingerprint density at radius 1 is 1.44 bits per heavy atom. The molecule has 0 aliphatic carbocycles. The first-order chi connectivity index (χ1) is 7.54. The Labute approximate surface area is 93.2 Å². The van der Waals surface area contributed by atoms with E-state index in [9.17, 15) is 9.90 Å². The zero-order valence-corrected chi connectivity index (χ0v) is 9.14. The van der Waals surface area contributed by atoms with Gasteiger partial charge < -0.3 is 19.7 Å². The second-order valence-electron chi connectivity index (χ2n) is 3.16. The first-order valence-corrected chi connectivity index (χ1v) is 4.90. The molecule has 1 rings (SSSR count). The fourth-order valence-corrected chi connectivity index (χ4v) is 1.10. The number of ether oxygens (including phenoxy) is 2. The first kappa shape index (κ1) is 12.2. The Bertz CT molecular complexity index is 375. The van der Waals surface area contributed by atoms with E-state index >= 15 is 0 Å². The third kappa shape index (κ3) is 3.05. The summed E-state index contributed by atoms with van der Waals surface area (Å²) >= 11 is 0. The van der Waals surface area contributed by atoms with E-state index in [0.29, 0.717) is 18.1 Å². The number of hydrogen-bond acceptors (Lipinski definition) is 4. The van der Waals surface area contributed by atoms with Crippen molar-refractivity contribution in [3.63, 3.8) is 0 Å². The van der Waals surface area contributed by atoms with Crippen LogP contribution in [0.3, 0.4) is 0 Å². The number of aliphatic carboxylic acids is 1. The number of hydrogen-bond donors (Lipinski definition) is 2. The van der Waals surface area contributed by atoms with Gasteiger partial charge in [0.15, 0.2) is 17.6 Å². The van der Waals surface area contributed by atoms with E-state index in [1.54, 1.807) is 6.92 Å². The highest BCUT2D eigenvalue weighted by molar-refractivity contribution is 5.72. The largest absolute Gasteiger partial charge is 0.508 e. The van der Waals surface area contributed by atoms with E-state index < -0.39 is 12.1 Å². The van der Waals surface area contributed by atoms with Gasteiger partial charge >= 0.3 is 5.97 Å². The van der Waals surface area contributed by atoms with Crippen molar-refractivity contribution in [2.24, 2.45) is 0 Å². The summed E-state index contributed by atoms with van der Waals surface area (Å²) in [5, 5.41) is 18.0. The van der Waals surface area contributed by atoms with Crippen molar-refractivity contribution in [2.45, 2.75) is 20.0 Å². The summed E-state index contributed by atoms with van der Waals surface area (Å²) in [4.78, 5) is 10.6. The van der Waals surface area contributed by atoms with Crippen molar-refractivity contribution in [3.05, 3.63) is 18.2 Å². The number of carboxylic acids is 1. The zero-order chi connectivity index (χ0) is 12.1. The summed E-state index contributed by atoms with van der Waals surface area (Å²) in [6.07, 6.45) is -0.969. The van der Waals surface area contributed by atoms with E-state index in [1.807, 2.05) is 0 Å². The van der Waals surface area contributed by atoms with Crippen LogP contribution in [0.4, 0.5) is 0 Å². The molecule has 0 radical (unpaired) electrons. The minimum absolute atomic E-state index is 0.0405. The molecule has 0 fully saturated rings. The van der Waals surface area contributed by atoms with Gasteiger partial charge in [-0.05, 0) is 26.0 Å². The maximum absolute atomic E-state index is 10.6. The molecule has 5 heteroatoms. The minimum Gasteiger partial charge on any atom is -0.508 e. The second kappa shape index (κ2) is 5.25. The van der Waals surface area contributed by atoms with Crippen molar-refractivity contribution >= 4 is 5.97 Å². The zero-order valence-electron chi connectivity index (χ0n) is 9.14. The Morgan fingerprint density at radius 2 is 2.12 bits per heavy atom. The van der Waals surface area contributed by atoms with Crippen LogP contribution in [0.25, 0.3) is 0 Å². The summed E-state index contributed by atoms with van der Waals surface area (Å²) in [6.45, 7) is 3.61. The maximum Gasteiger partial charge on any atom is 0.344 e. The number of phenols is 1. The van der Waals surface area contributed by atoms with Crippen LogP contribution in [-0.4, -0.2) is 28.9 Å². The smallest absolute Gasteiger partial charge is 0.344 e. The molecule has 1 aromatic rings. The van der Waals surface area contributed by atoms with Crippen LogP contribution in [0, 0.1) is 0 Å². The van der Waals surface area contributed by atoms with E-state index in [-0.39, 0.29) is 5.75 Å². The molecule has 1 aromatic carbocycles. The Hall–Kier alpha value is -1.91. The minimum atomic E-state index is -1.06. The lowest BCUT2D eigenvalue weighted by atomic mass is 10.3. The van der Waals surface area contributed by atoms with E-state index in [4.69, 9.17) is 14.6 Å².